The van der Waals surface area contributed by atoms with Crippen LogP contribution in [0, 0.1) is 17.3 Å². The maximum absolute atomic E-state index is 14.0. The van der Waals surface area contributed by atoms with Crippen LogP contribution in [-0.4, -0.2) is 69.0 Å². The summed E-state index contributed by atoms with van der Waals surface area (Å²) in [6, 6.07) is -0.545. The van der Waals surface area contributed by atoms with Crippen molar-refractivity contribution in [1.82, 2.24) is 15.5 Å². The highest BCUT2D eigenvalue weighted by molar-refractivity contribution is 8.02. The summed E-state index contributed by atoms with van der Waals surface area (Å²) in [5.41, 5.74) is -0.350. The van der Waals surface area contributed by atoms with Crippen LogP contribution < -0.4 is 10.6 Å². The van der Waals surface area contributed by atoms with Crippen LogP contribution in [0.15, 0.2) is 0 Å². The highest BCUT2D eigenvalue weighted by Gasteiger charge is 2.73. The number of fused-ring (bicyclic) bond motifs is 1. The van der Waals surface area contributed by atoms with E-state index in [1.807, 2.05) is 6.92 Å². The second-order valence-corrected chi connectivity index (χ2v) is 14.2. The van der Waals surface area contributed by atoms with Crippen molar-refractivity contribution in [2.24, 2.45) is 17.3 Å². The smallest absolute Gasteiger partial charge is 0.244 e. The van der Waals surface area contributed by atoms with E-state index < -0.39 is 22.2 Å². The molecule has 1 spiro atoms. The summed E-state index contributed by atoms with van der Waals surface area (Å²) < 4.78 is -0.525. The Morgan fingerprint density at radius 2 is 1.80 bits per heavy atom. The third kappa shape index (κ3) is 6.00. The Hall–Kier alpha value is -1.28. The van der Waals surface area contributed by atoms with Crippen LogP contribution >= 0.6 is 11.8 Å². The normalized spacial score (nSPS) is 30.0. The fourth-order valence-electron chi connectivity index (χ4n) is 6.88. The van der Waals surface area contributed by atoms with Gasteiger partial charge in [0.15, 0.2) is 0 Å². The maximum Gasteiger partial charge on any atom is 0.244 e. The molecule has 35 heavy (non-hydrogen) atoms. The zero-order valence-electron chi connectivity index (χ0n) is 22.6. The molecule has 0 aromatic carbocycles. The lowest BCUT2D eigenvalue weighted by Crippen LogP contribution is -2.58. The molecule has 3 aliphatic heterocycles. The Balaban J connectivity index is 1.87. The van der Waals surface area contributed by atoms with Crippen LogP contribution in [0.4, 0.5) is 0 Å². The van der Waals surface area contributed by atoms with Gasteiger partial charge in [-0.25, -0.2) is 0 Å². The van der Waals surface area contributed by atoms with Crippen molar-refractivity contribution in [1.29, 1.82) is 0 Å². The molecule has 0 saturated carbocycles. The summed E-state index contributed by atoms with van der Waals surface area (Å²) in [7, 11) is 0. The number of nitrogens with one attached hydrogen (secondary N) is 2. The van der Waals surface area contributed by atoms with Gasteiger partial charge in [0.2, 0.25) is 17.7 Å². The van der Waals surface area contributed by atoms with E-state index in [1.54, 1.807) is 16.7 Å². The van der Waals surface area contributed by atoms with Crippen LogP contribution in [0.3, 0.4) is 0 Å². The molecule has 3 rings (SSSR count). The minimum atomic E-state index is -0.545. The van der Waals surface area contributed by atoms with Crippen molar-refractivity contribution in [2.75, 3.05) is 19.7 Å². The lowest BCUT2D eigenvalue weighted by atomic mass is 9.70. The molecular weight excluding hydrogens is 462 g/mol. The van der Waals surface area contributed by atoms with Gasteiger partial charge < -0.3 is 20.6 Å². The van der Waals surface area contributed by atoms with E-state index in [2.05, 4.69) is 45.3 Å². The minimum Gasteiger partial charge on any atom is -0.396 e. The van der Waals surface area contributed by atoms with Crippen molar-refractivity contribution < 1.29 is 19.5 Å². The van der Waals surface area contributed by atoms with Gasteiger partial charge in [-0.1, -0.05) is 40.5 Å². The number of amides is 3. The fourth-order valence-corrected chi connectivity index (χ4v) is 9.10. The third-order valence-corrected chi connectivity index (χ3v) is 9.59. The number of aliphatic hydroxyl groups is 1. The van der Waals surface area contributed by atoms with E-state index in [4.69, 9.17) is 5.11 Å². The SMILES string of the molecule is CCCNC(=O)[C@@H]1[C@@H]2CCC3(S2)C(C(=O)NC(C)(C)CC(C)(C)C)N(CCCCCCO)C(=O)[C@H]13. The highest BCUT2D eigenvalue weighted by Crippen LogP contribution is 2.66. The zero-order valence-corrected chi connectivity index (χ0v) is 23.4. The average molecular weight is 510 g/mol. The monoisotopic (exact) mass is 509 g/mol. The van der Waals surface area contributed by atoms with E-state index in [1.165, 1.54) is 0 Å². The molecule has 2 unspecified atom stereocenters. The lowest BCUT2D eigenvalue weighted by molar-refractivity contribution is -0.140. The van der Waals surface area contributed by atoms with Gasteiger partial charge in [0.1, 0.15) is 6.04 Å². The molecule has 3 fully saturated rings. The summed E-state index contributed by atoms with van der Waals surface area (Å²) in [6.45, 7) is 14.0. The number of carbonyl (C=O) groups excluding carboxylic acids is 3. The summed E-state index contributed by atoms with van der Waals surface area (Å²) in [5.74, 6) is -0.908. The average Bonchev–Trinajstić information content (AvgIpc) is 3.37. The van der Waals surface area contributed by atoms with Gasteiger partial charge in [-0.15, -0.1) is 11.8 Å². The largest absolute Gasteiger partial charge is 0.396 e. The van der Waals surface area contributed by atoms with Crippen LogP contribution in [0.2, 0.25) is 0 Å². The molecule has 3 saturated heterocycles. The molecule has 5 atom stereocenters. The van der Waals surface area contributed by atoms with Gasteiger partial charge in [0, 0.05) is 30.5 Å². The van der Waals surface area contributed by atoms with E-state index in [0.717, 1.165) is 51.4 Å². The second-order valence-electron chi connectivity index (χ2n) is 12.6. The number of hydrogen-bond donors (Lipinski definition) is 3. The zero-order chi connectivity index (χ0) is 26.0. The minimum absolute atomic E-state index is 0.0210. The van der Waals surface area contributed by atoms with Gasteiger partial charge in [-0.3, -0.25) is 14.4 Å². The van der Waals surface area contributed by atoms with Gasteiger partial charge >= 0.3 is 0 Å². The maximum atomic E-state index is 14.0. The Morgan fingerprint density at radius 1 is 1.11 bits per heavy atom. The molecule has 3 heterocycles. The highest BCUT2D eigenvalue weighted by atomic mass is 32.2. The fraction of sp³-hybridized carbons (Fsp3) is 0.889. The molecule has 8 heteroatoms. The molecule has 0 radical (unpaired) electrons. The number of likely N-dealkylation sites (tertiary alicyclic amines) is 1. The van der Waals surface area contributed by atoms with Crippen LogP contribution in [0.25, 0.3) is 0 Å². The van der Waals surface area contributed by atoms with Crippen LogP contribution in [-0.2, 0) is 14.4 Å². The van der Waals surface area contributed by atoms with Crippen LogP contribution in [0.1, 0.15) is 92.9 Å². The number of hydrogen-bond acceptors (Lipinski definition) is 5. The van der Waals surface area contributed by atoms with E-state index in [0.29, 0.717) is 13.1 Å². The standard InChI is InChI=1S/C27H47N3O4S/c1-7-14-28-22(32)19-18-12-13-27(35-18)20(19)24(34)30(15-10-8-9-11-16-31)21(27)23(33)29-26(5,6)17-25(2,3)4/h18-21,31H,7-17H2,1-6H3,(H,28,32)(H,29,33)/t18-,19+,20-,21?,27?/m0/s1. The first-order valence-electron chi connectivity index (χ1n) is 13.6. The molecule has 3 aliphatic rings. The number of carbonyl (C=O) groups is 3. The third-order valence-electron chi connectivity index (χ3n) is 7.64. The topological polar surface area (TPSA) is 98.7 Å². The number of unbranched alkanes of at least 4 members (excludes halogenated alkanes) is 3. The van der Waals surface area contributed by atoms with Crippen LogP contribution in [0.5, 0.6) is 0 Å². The summed E-state index contributed by atoms with van der Waals surface area (Å²) in [4.78, 5) is 42.8. The summed E-state index contributed by atoms with van der Waals surface area (Å²) in [5, 5.41) is 15.5. The van der Waals surface area contributed by atoms with Crippen molar-refractivity contribution in [2.45, 2.75) is 114 Å². The Labute approximate surface area is 215 Å². The predicted molar refractivity (Wildman–Crippen MR) is 141 cm³/mol. The molecule has 0 aromatic heterocycles. The number of rotatable bonds is 12. The number of nitrogens with zero attached hydrogens (tertiary/aromatic N) is 1. The van der Waals surface area contributed by atoms with Crippen molar-refractivity contribution in [3.63, 3.8) is 0 Å². The molecular formula is C27H47N3O4S. The first-order valence-corrected chi connectivity index (χ1v) is 14.4. The van der Waals surface area contributed by atoms with Gasteiger partial charge in [0.05, 0.1) is 16.6 Å². The number of aliphatic hydroxyl groups excluding tert-OH is 1. The van der Waals surface area contributed by atoms with E-state index >= 15 is 0 Å². The van der Waals surface area contributed by atoms with E-state index in [-0.39, 0.29) is 40.9 Å². The summed E-state index contributed by atoms with van der Waals surface area (Å²) in [6.07, 6.45) is 6.71. The molecule has 0 aromatic rings. The molecule has 200 valence electrons. The van der Waals surface area contributed by atoms with Gasteiger partial charge in [0.25, 0.3) is 0 Å². The molecule has 0 aliphatic carbocycles. The molecule has 7 nitrogen and oxygen atoms in total. The van der Waals surface area contributed by atoms with Gasteiger partial charge in [-0.05, 0) is 57.8 Å². The first kappa shape index (κ1) is 28.3. The molecule has 2 bridgehead atoms. The van der Waals surface area contributed by atoms with Crippen molar-refractivity contribution in [3.05, 3.63) is 0 Å². The van der Waals surface area contributed by atoms with E-state index in [9.17, 15) is 14.4 Å². The quantitative estimate of drug-likeness (QED) is 0.350. The Morgan fingerprint density at radius 3 is 2.43 bits per heavy atom. The van der Waals surface area contributed by atoms with Gasteiger partial charge in [-0.2, -0.15) is 0 Å². The Kier molecular flexibility index (Phi) is 8.89. The van der Waals surface area contributed by atoms with Crippen molar-refractivity contribution in [3.8, 4) is 0 Å². The molecule has 3 amide bonds. The number of thioether (sulfide) groups is 1. The lowest BCUT2D eigenvalue weighted by Gasteiger charge is -2.39. The van der Waals surface area contributed by atoms with Crippen molar-refractivity contribution >= 4 is 29.5 Å². The summed E-state index contributed by atoms with van der Waals surface area (Å²) >= 11 is 1.73. The predicted octanol–water partition coefficient (Wildman–Crippen LogP) is 3.49. The molecule has 3 N–H and O–H groups in total. The second kappa shape index (κ2) is 11.0. The Bertz CT molecular complexity index is 796. The first-order chi connectivity index (χ1) is 16.4.